The van der Waals surface area contributed by atoms with E-state index >= 15 is 0 Å². The van der Waals surface area contributed by atoms with Gasteiger partial charge in [0.25, 0.3) is 0 Å². The van der Waals surface area contributed by atoms with Gasteiger partial charge in [-0.25, -0.2) is 4.98 Å². The fraction of sp³-hybridized carbons (Fsp3) is 0.417. The van der Waals surface area contributed by atoms with E-state index in [0.29, 0.717) is 18.9 Å². The maximum Gasteiger partial charge on any atom is 0.227 e. The Kier molecular flexibility index (Phi) is 4.96. The molecule has 2 unspecified atom stereocenters. The number of hydrogen-bond acceptors (Lipinski definition) is 2. The quantitative estimate of drug-likeness (QED) is 0.613. The van der Waals surface area contributed by atoms with E-state index in [2.05, 4.69) is 68.7 Å². The van der Waals surface area contributed by atoms with Crippen molar-refractivity contribution in [2.75, 3.05) is 11.4 Å². The molecule has 0 saturated carbocycles. The Morgan fingerprint density at radius 1 is 1.18 bits per heavy atom. The summed E-state index contributed by atoms with van der Waals surface area (Å²) >= 11 is 0. The summed E-state index contributed by atoms with van der Waals surface area (Å²) in [6.45, 7) is 10.3. The highest BCUT2D eigenvalue weighted by Gasteiger charge is 2.35. The van der Waals surface area contributed by atoms with Crippen molar-refractivity contribution in [3.8, 4) is 0 Å². The van der Waals surface area contributed by atoms with Crippen molar-refractivity contribution in [3.63, 3.8) is 0 Å². The van der Waals surface area contributed by atoms with Gasteiger partial charge in [-0.3, -0.25) is 4.79 Å². The minimum Gasteiger partial charge on any atom is -0.327 e. The van der Waals surface area contributed by atoms with E-state index in [0.717, 1.165) is 35.6 Å². The third-order valence-corrected chi connectivity index (χ3v) is 6.02. The van der Waals surface area contributed by atoms with E-state index in [1.165, 1.54) is 11.1 Å². The van der Waals surface area contributed by atoms with Crippen LogP contribution in [0.25, 0.3) is 11.0 Å². The van der Waals surface area contributed by atoms with Crippen LogP contribution in [0.2, 0.25) is 0 Å². The number of carbonyl (C=O) groups is 1. The van der Waals surface area contributed by atoms with Crippen LogP contribution in [0.1, 0.15) is 49.6 Å². The lowest BCUT2D eigenvalue weighted by molar-refractivity contribution is -0.117. The molecule has 4 heteroatoms. The van der Waals surface area contributed by atoms with Crippen LogP contribution in [0.15, 0.2) is 42.5 Å². The summed E-state index contributed by atoms with van der Waals surface area (Å²) in [7, 11) is 0. The number of benzene rings is 2. The molecule has 0 aliphatic carbocycles. The van der Waals surface area contributed by atoms with Crippen molar-refractivity contribution in [1.29, 1.82) is 0 Å². The van der Waals surface area contributed by atoms with Crippen molar-refractivity contribution in [2.45, 2.75) is 53.0 Å². The molecule has 3 aromatic rings. The Morgan fingerprint density at radius 3 is 2.75 bits per heavy atom. The number of anilines is 1. The molecule has 28 heavy (non-hydrogen) atoms. The first-order valence-corrected chi connectivity index (χ1v) is 10.3. The fourth-order valence-electron chi connectivity index (χ4n) is 4.16. The molecule has 1 fully saturated rings. The third-order valence-electron chi connectivity index (χ3n) is 6.02. The number of aromatic nitrogens is 2. The Morgan fingerprint density at radius 2 is 1.96 bits per heavy atom. The summed E-state index contributed by atoms with van der Waals surface area (Å²) in [6.07, 6.45) is 1.65. The second-order valence-electron chi connectivity index (χ2n) is 8.28. The lowest BCUT2D eigenvalue weighted by Gasteiger charge is -2.20. The highest BCUT2D eigenvalue weighted by atomic mass is 16.2. The minimum absolute atomic E-state index is 0.129. The molecule has 1 aliphatic rings. The molecule has 2 heterocycles. The number of fused-ring (bicyclic) bond motifs is 1. The van der Waals surface area contributed by atoms with E-state index < -0.39 is 0 Å². The maximum atomic E-state index is 12.9. The maximum absolute atomic E-state index is 12.9. The second kappa shape index (κ2) is 7.42. The van der Waals surface area contributed by atoms with Gasteiger partial charge in [0, 0.05) is 31.1 Å². The number of para-hydroxylation sites is 2. The molecular formula is C24H29N3O. The monoisotopic (exact) mass is 375 g/mol. The van der Waals surface area contributed by atoms with Gasteiger partial charge in [0.2, 0.25) is 5.91 Å². The van der Waals surface area contributed by atoms with Gasteiger partial charge in [-0.1, -0.05) is 44.5 Å². The van der Waals surface area contributed by atoms with Crippen molar-refractivity contribution < 1.29 is 4.79 Å². The van der Waals surface area contributed by atoms with E-state index in [1.807, 2.05) is 11.0 Å². The predicted molar refractivity (Wildman–Crippen MR) is 115 cm³/mol. The molecule has 2 aromatic carbocycles. The van der Waals surface area contributed by atoms with Crippen LogP contribution in [0, 0.1) is 19.8 Å². The van der Waals surface area contributed by atoms with Crippen LogP contribution in [0.3, 0.4) is 0 Å². The summed E-state index contributed by atoms with van der Waals surface area (Å²) < 4.78 is 2.36. The van der Waals surface area contributed by atoms with Crippen LogP contribution in [0.4, 0.5) is 5.69 Å². The number of hydrogen-bond donors (Lipinski definition) is 0. The zero-order chi connectivity index (χ0) is 19.8. The first-order valence-electron chi connectivity index (χ1n) is 10.3. The zero-order valence-corrected chi connectivity index (χ0v) is 17.3. The van der Waals surface area contributed by atoms with E-state index in [4.69, 9.17) is 4.98 Å². The lowest BCUT2D eigenvalue weighted by Crippen LogP contribution is -2.25. The van der Waals surface area contributed by atoms with Gasteiger partial charge < -0.3 is 9.47 Å². The molecule has 0 bridgehead atoms. The van der Waals surface area contributed by atoms with Gasteiger partial charge in [-0.05, 0) is 49.1 Å². The standard InChI is InChI=1S/C24H29N3O/c1-5-16(2)14-27-21-9-7-6-8-20(21)25-24(27)19-13-23(28)26(15-19)22-12-17(3)10-11-18(22)4/h6-12,16,19H,5,13-15H2,1-4H3. The molecule has 4 nitrogen and oxygen atoms in total. The number of nitrogens with zero attached hydrogens (tertiary/aromatic N) is 3. The van der Waals surface area contributed by atoms with E-state index in [1.54, 1.807) is 0 Å². The molecule has 2 atom stereocenters. The first-order chi connectivity index (χ1) is 13.5. The van der Waals surface area contributed by atoms with Gasteiger partial charge in [0.15, 0.2) is 0 Å². The second-order valence-corrected chi connectivity index (χ2v) is 8.28. The van der Waals surface area contributed by atoms with Crippen LogP contribution in [-0.4, -0.2) is 22.0 Å². The molecule has 0 N–H and O–H groups in total. The minimum atomic E-state index is 0.129. The fourth-order valence-corrected chi connectivity index (χ4v) is 4.16. The van der Waals surface area contributed by atoms with Gasteiger partial charge in [-0.15, -0.1) is 0 Å². The van der Waals surface area contributed by atoms with E-state index in [-0.39, 0.29) is 11.8 Å². The van der Waals surface area contributed by atoms with Crippen LogP contribution in [-0.2, 0) is 11.3 Å². The largest absolute Gasteiger partial charge is 0.327 e. The third kappa shape index (κ3) is 3.32. The highest BCUT2D eigenvalue weighted by molar-refractivity contribution is 5.97. The molecule has 1 aromatic heterocycles. The molecule has 1 saturated heterocycles. The van der Waals surface area contributed by atoms with Crippen molar-refractivity contribution in [3.05, 3.63) is 59.4 Å². The summed E-state index contributed by atoms with van der Waals surface area (Å²) in [5.41, 5.74) is 5.57. The van der Waals surface area contributed by atoms with Gasteiger partial charge in [0.1, 0.15) is 5.82 Å². The van der Waals surface area contributed by atoms with Gasteiger partial charge in [-0.2, -0.15) is 0 Å². The Balaban J connectivity index is 1.72. The summed E-state index contributed by atoms with van der Waals surface area (Å²) in [4.78, 5) is 19.8. The molecule has 0 spiro atoms. The Bertz CT molecular complexity index is 1020. The highest BCUT2D eigenvalue weighted by Crippen LogP contribution is 2.35. The molecule has 0 radical (unpaired) electrons. The summed E-state index contributed by atoms with van der Waals surface area (Å²) in [5, 5.41) is 0. The number of aryl methyl sites for hydroxylation is 2. The zero-order valence-electron chi connectivity index (χ0n) is 17.3. The molecule has 1 amide bonds. The number of amides is 1. The normalized spacial score (nSPS) is 18.2. The predicted octanol–water partition coefficient (Wildman–Crippen LogP) is 5.22. The Labute approximate surface area is 167 Å². The summed E-state index contributed by atoms with van der Waals surface area (Å²) in [5.74, 6) is 1.95. The lowest BCUT2D eigenvalue weighted by atomic mass is 10.1. The number of imidazole rings is 1. The smallest absolute Gasteiger partial charge is 0.227 e. The molecule has 1 aliphatic heterocycles. The number of carbonyl (C=O) groups excluding carboxylic acids is 1. The number of rotatable bonds is 5. The van der Waals surface area contributed by atoms with Crippen molar-refractivity contribution in [2.24, 2.45) is 5.92 Å². The average Bonchev–Trinajstić information content (AvgIpc) is 3.24. The van der Waals surface area contributed by atoms with Crippen molar-refractivity contribution in [1.82, 2.24) is 9.55 Å². The van der Waals surface area contributed by atoms with Gasteiger partial charge >= 0.3 is 0 Å². The first kappa shape index (κ1) is 18.7. The van der Waals surface area contributed by atoms with Crippen molar-refractivity contribution >= 4 is 22.6 Å². The molecular weight excluding hydrogens is 346 g/mol. The van der Waals surface area contributed by atoms with Crippen LogP contribution in [0.5, 0.6) is 0 Å². The van der Waals surface area contributed by atoms with Crippen LogP contribution >= 0.6 is 0 Å². The summed E-state index contributed by atoms with van der Waals surface area (Å²) in [6, 6.07) is 14.7. The average molecular weight is 376 g/mol. The van der Waals surface area contributed by atoms with Gasteiger partial charge in [0.05, 0.1) is 11.0 Å². The topological polar surface area (TPSA) is 38.1 Å². The Hall–Kier alpha value is -2.62. The molecule has 4 rings (SSSR count). The van der Waals surface area contributed by atoms with E-state index in [9.17, 15) is 4.79 Å². The SMILES string of the molecule is CCC(C)Cn1c(C2CC(=O)N(c3cc(C)ccc3C)C2)nc2ccccc21. The molecule has 146 valence electrons. The van der Waals surface area contributed by atoms with Crippen LogP contribution < -0.4 is 4.90 Å².